The number of carboxylic acids is 1. The van der Waals surface area contributed by atoms with Crippen molar-refractivity contribution in [3.05, 3.63) is 81.7 Å². The highest BCUT2D eigenvalue weighted by Crippen LogP contribution is 2.35. The summed E-state index contributed by atoms with van der Waals surface area (Å²) in [5.74, 6) is -0.342. The van der Waals surface area contributed by atoms with Gasteiger partial charge in [-0.3, -0.25) is 5.43 Å². The molecule has 0 saturated heterocycles. The van der Waals surface area contributed by atoms with Crippen LogP contribution in [0.1, 0.15) is 41.6 Å². The number of halogens is 1. The summed E-state index contributed by atoms with van der Waals surface area (Å²) in [6.07, 6.45) is 0.123. The predicted molar refractivity (Wildman–Crippen MR) is 155 cm³/mol. The Hall–Kier alpha value is -5.01. The van der Waals surface area contributed by atoms with E-state index in [-0.39, 0.29) is 22.8 Å². The van der Waals surface area contributed by atoms with E-state index in [9.17, 15) is 24.6 Å². The zero-order chi connectivity index (χ0) is 31.1. The number of methoxy groups -OCH3 is 1. The number of carbonyl (C=O) groups excluding carboxylic acids is 2. The Kier molecular flexibility index (Phi) is 9.91. The minimum atomic E-state index is -1.21. The van der Waals surface area contributed by atoms with Crippen molar-refractivity contribution in [3.63, 3.8) is 0 Å². The van der Waals surface area contributed by atoms with Crippen LogP contribution < -0.4 is 25.5 Å². The molecule has 0 fully saturated rings. The quantitative estimate of drug-likeness (QED) is 0.0873. The first-order valence-corrected chi connectivity index (χ1v) is 13.3. The molecular formula is C29H29ClN4O9. The molecule has 1 aliphatic rings. The van der Waals surface area contributed by atoms with Crippen LogP contribution in [-0.4, -0.2) is 60.9 Å². The number of hydrazone groups is 1. The highest BCUT2D eigenvalue weighted by Gasteiger charge is 2.32. The van der Waals surface area contributed by atoms with Crippen molar-refractivity contribution in [3.8, 4) is 22.8 Å². The van der Waals surface area contributed by atoms with Crippen molar-refractivity contribution < 1.29 is 43.2 Å². The van der Waals surface area contributed by atoms with Crippen molar-refractivity contribution in [2.24, 2.45) is 5.10 Å². The second-order valence-corrected chi connectivity index (χ2v) is 9.52. The summed E-state index contributed by atoms with van der Waals surface area (Å²) in [6.45, 7) is 3.49. The van der Waals surface area contributed by atoms with Crippen LogP contribution >= 0.6 is 11.6 Å². The molecule has 0 bridgehead atoms. The lowest BCUT2D eigenvalue weighted by molar-refractivity contribution is -0.136. The van der Waals surface area contributed by atoms with Crippen LogP contribution in [0.15, 0.2) is 69.3 Å². The number of aliphatic hydroxyl groups is 1. The van der Waals surface area contributed by atoms with Crippen LogP contribution in [-0.2, 0) is 9.53 Å². The van der Waals surface area contributed by atoms with Crippen LogP contribution in [0.3, 0.4) is 0 Å². The molecule has 0 saturated carbocycles. The second-order valence-electron chi connectivity index (χ2n) is 9.12. The normalized spacial score (nSPS) is 15.5. The second kappa shape index (κ2) is 13.8. The van der Waals surface area contributed by atoms with Gasteiger partial charge >= 0.3 is 18.0 Å². The van der Waals surface area contributed by atoms with Gasteiger partial charge in [-0.15, -0.1) is 0 Å². The summed E-state index contributed by atoms with van der Waals surface area (Å²) >= 11 is 5.93. The van der Waals surface area contributed by atoms with Gasteiger partial charge in [0, 0.05) is 11.3 Å². The SMILES string of the molecule is CCOc1cc([C@H]2NC(=O)NC(C)=C2C(=O)OC)ccc1OC[C@@H](O)N/N=C/c1ccc(-c2ccc(Cl)c(C(=O)O)c2)o1. The highest BCUT2D eigenvalue weighted by molar-refractivity contribution is 6.33. The lowest BCUT2D eigenvalue weighted by Gasteiger charge is -2.28. The molecule has 5 N–H and O–H groups in total. The van der Waals surface area contributed by atoms with Crippen molar-refractivity contribution in [2.75, 3.05) is 20.3 Å². The van der Waals surface area contributed by atoms with Gasteiger partial charge in [-0.25, -0.2) is 14.4 Å². The number of aliphatic hydroxyl groups excluding tert-OH is 1. The summed E-state index contributed by atoms with van der Waals surface area (Å²) in [6, 6.07) is 11.4. The maximum absolute atomic E-state index is 12.4. The molecule has 0 aliphatic carbocycles. The number of ether oxygens (including phenoxy) is 3. The maximum Gasteiger partial charge on any atom is 0.337 e. The Labute approximate surface area is 251 Å². The van der Waals surface area contributed by atoms with E-state index in [1.165, 1.54) is 25.5 Å². The molecule has 4 rings (SSSR count). The number of rotatable bonds is 12. The fourth-order valence-electron chi connectivity index (χ4n) is 4.23. The predicted octanol–water partition coefficient (Wildman–Crippen LogP) is 3.82. The van der Waals surface area contributed by atoms with E-state index in [0.717, 1.165) is 0 Å². The van der Waals surface area contributed by atoms with E-state index in [0.29, 0.717) is 46.5 Å². The molecule has 43 heavy (non-hydrogen) atoms. The van der Waals surface area contributed by atoms with Gasteiger partial charge < -0.3 is 39.5 Å². The molecule has 0 radical (unpaired) electrons. The molecule has 3 aromatic rings. The fraction of sp³-hybridized carbons (Fsp3) is 0.241. The number of nitrogens with zero attached hydrogens (tertiary/aromatic N) is 1. The Morgan fingerprint density at radius 2 is 1.95 bits per heavy atom. The monoisotopic (exact) mass is 612 g/mol. The van der Waals surface area contributed by atoms with E-state index in [1.54, 1.807) is 50.2 Å². The molecule has 1 aromatic heterocycles. The van der Waals surface area contributed by atoms with Crippen LogP contribution in [0.5, 0.6) is 11.5 Å². The van der Waals surface area contributed by atoms with Gasteiger partial charge in [-0.05, 0) is 61.9 Å². The standard InChI is InChI=1S/C29H29ClN4O9/c1-4-41-23-12-17(26-25(28(38)40-3)15(2)32-29(39)33-26)6-9-22(23)42-14-24(35)34-31-13-18-7-10-21(43-18)16-5-8-20(30)19(11-16)27(36)37/h5-13,24,26,34-35H,4,14H2,1-3H3,(H,36,37)(H2,32,33,39)/b31-13+/t24-,26-/m1/s1. The van der Waals surface area contributed by atoms with Gasteiger partial charge in [-0.2, -0.15) is 5.10 Å². The van der Waals surface area contributed by atoms with Gasteiger partial charge in [0.2, 0.25) is 0 Å². The third-order valence-corrected chi connectivity index (χ3v) is 6.53. The lowest BCUT2D eigenvalue weighted by atomic mass is 9.95. The van der Waals surface area contributed by atoms with E-state index in [2.05, 4.69) is 21.2 Å². The number of hydrogen-bond donors (Lipinski definition) is 5. The molecule has 0 unspecified atom stereocenters. The van der Waals surface area contributed by atoms with Crippen LogP contribution in [0.25, 0.3) is 11.3 Å². The molecular weight excluding hydrogens is 584 g/mol. The summed E-state index contributed by atoms with van der Waals surface area (Å²) < 4.78 is 22.0. The number of hydrogen-bond acceptors (Lipinski definition) is 10. The maximum atomic E-state index is 12.4. The average molecular weight is 613 g/mol. The van der Waals surface area contributed by atoms with E-state index in [1.807, 2.05) is 0 Å². The summed E-state index contributed by atoms with van der Waals surface area (Å²) in [4.78, 5) is 35.9. The van der Waals surface area contributed by atoms with Gasteiger partial charge in [0.15, 0.2) is 17.7 Å². The minimum absolute atomic E-state index is 0.0476. The summed E-state index contributed by atoms with van der Waals surface area (Å²) in [7, 11) is 1.26. The Morgan fingerprint density at radius 1 is 1.16 bits per heavy atom. The smallest absolute Gasteiger partial charge is 0.337 e. The molecule has 2 atom stereocenters. The number of nitrogens with one attached hydrogen (secondary N) is 3. The van der Waals surface area contributed by atoms with E-state index < -0.39 is 30.2 Å². The molecule has 13 nitrogen and oxygen atoms in total. The number of furan rings is 1. The number of carbonyl (C=O) groups is 3. The zero-order valence-electron chi connectivity index (χ0n) is 23.3. The van der Waals surface area contributed by atoms with Crippen LogP contribution in [0, 0.1) is 0 Å². The number of carboxylic acid groups (broad SMARTS) is 1. The topological polar surface area (TPSA) is 181 Å². The minimum Gasteiger partial charge on any atom is -0.490 e. The molecule has 14 heteroatoms. The molecule has 0 spiro atoms. The Balaban J connectivity index is 1.39. The van der Waals surface area contributed by atoms with Gasteiger partial charge in [0.05, 0.1) is 42.1 Å². The number of benzene rings is 2. The molecule has 1 aliphatic heterocycles. The van der Waals surface area contributed by atoms with E-state index in [4.69, 9.17) is 30.2 Å². The molecule has 226 valence electrons. The molecule has 2 aromatic carbocycles. The van der Waals surface area contributed by atoms with Crippen molar-refractivity contribution in [2.45, 2.75) is 26.1 Å². The van der Waals surface area contributed by atoms with Gasteiger partial charge in [0.25, 0.3) is 0 Å². The zero-order valence-corrected chi connectivity index (χ0v) is 24.1. The third-order valence-electron chi connectivity index (χ3n) is 6.20. The Bertz CT molecular complexity index is 1580. The van der Waals surface area contributed by atoms with Crippen molar-refractivity contribution in [1.29, 1.82) is 0 Å². The van der Waals surface area contributed by atoms with Crippen molar-refractivity contribution in [1.82, 2.24) is 16.1 Å². The summed E-state index contributed by atoms with van der Waals surface area (Å²) in [5.41, 5.74) is 4.18. The lowest BCUT2D eigenvalue weighted by Crippen LogP contribution is -2.45. The van der Waals surface area contributed by atoms with Gasteiger partial charge in [0.1, 0.15) is 18.1 Å². The third kappa shape index (κ3) is 7.45. The fourth-order valence-corrected chi connectivity index (χ4v) is 4.43. The van der Waals surface area contributed by atoms with Gasteiger partial charge in [-0.1, -0.05) is 17.7 Å². The van der Waals surface area contributed by atoms with Crippen LogP contribution in [0.4, 0.5) is 4.79 Å². The number of esters is 1. The summed E-state index contributed by atoms with van der Waals surface area (Å²) in [5, 5.41) is 29.0. The Morgan fingerprint density at radius 3 is 2.67 bits per heavy atom. The first kappa shape index (κ1) is 30.9. The first-order valence-electron chi connectivity index (χ1n) is 13.0. The van der Waals surface area contributed by atoms with Crippen molar-refractivity contribution >= 4 is 35.8 Å². The average Bonchev–Trinajstić information content (AvgIpc) is 3.45. The molecule has 2 amide bonds. The highest BCUT2D eigenvalue weighted by atomic mass is 35.5. The van der Waals surface area contributed by atoms with E-state index >= 15 is 0 Å². The first-order chi connectivity index (χ1) is 20.6. The number of urea groups is 1. The molecule has 2 heterocycles. The number of amides is 2. The number of allylic oxidation sites excluding steroid dienone is 1. The number of aromatic carboxylic acids is 1. The van der Waals surface area contributed by atoms with Crippen LogP contribution in [0.2, 0.25) is 5.02 Å². The largest absolute Gasteiger partial charge is 0.490 e.